The summed E-state index contributed by atoms with van der Waals surface area (Å²) in [5.41, 5.74) is 0. The zero-order valence-electron chi connectivity index (χ0n) is 12.1. The van der Waals surface area contributed by atoms with Crippen LogP contribution in [0.1, 0.15) is 25.7 Å². The van der Waals surface area contributed by atoms with E-state index in [-0.39, 0.29) is 10.9 Å². The van der Waals surface area contributed by atoms with Crippen molar-refractivity contribution >= 4 is 26.0 Å². The minimum absolute atomic E-state index is 0.111. The molecule has 0 spiro atoms. The lowest BCUT2D eigenvalue weighted by molar-refractivity contribution is 0.0637. The highest BCUT2D eigenvalue weighted by atomic mass is 79.9. The van der Waals surface area contributed by atoms with E-state index in [4.69, 9.17) is 4.74 Å². The van der Waals surface area contributed by atoms with Crippen molar-refractivity contribution < 1.29 is 18.3 Å². The number of benzene rings is 1. The third kappa shape index (κ3) is 3.41. The predicted octanol–water partition coefficient (Wildman–Crippen LogP) is 2.38. The van der Waals surface area contributed by atoms with Crippen molar-refractivity contribution in [3.8, 4) is 5.75 Å². The second-order valence-electron chi connectivity index (χ2n) is 5.24. The molecule has 118 valence electrons. The Morgan fingerprint density at radius 2 is 2.00 bits per heavy atom. The first-order valence-electron chi connectivity index (χ1n) is 6.87. The average Bonchev–Trinajstić information content (AvgIpc) is 2.47. The number of rotatable bonds is 4. The number of likely N-dealkylation sites (N-methyl/N-ethyl adjacent to an activating group) is 1. The van der Waals surface area contributed by atoms with Crippen molar-refractivity contribution in [2.75, 3.05) is 14.2 Å². The number of halogens is 1. The topological polar surface area (TPSA) is 66.8 Å². The molecular weight excluding hydrogens is 358 g/mol. The summed E-state index contributed by atoms with van der Waals surface area (Å²) in [6.07, 6.45) is 2.56. The van der Waals surface area contributed by atoms with Crippen LogP contribution in [0.15, 0.2) is 27.6 Å². The lowest BCUT2D eigenvalue weighted by Gasteiger charge is -2.34. The fourth-order valence-electron chi connectivity index (χ4n) is 2.70. The van der Waals surface area contributed by atoms with Gasteiger partial charge in [0, 0.05) is 11.5 Å². The number of aliphatic hydroxyl groups excluding tert-OH is 1. The standard InChI is InChI=1S/C14H20BrNO4S/c1-16(11-5-3-4-6-12(11)17)21(18,19)14-9-10(15)7-8-13(14)20-2/h7-9,11-12,17H,3-6H2,1-2H3. The number of hydrogen-bond acceptors (Lipinski definition) is 4. The molecule has 5 nitrogen and oxygen atoms in total. The monoisotopic (exact) mass is 377 g/mol. The Morgan fingerprint density at radius 3 is 2.62 bits per heavy atom. The second kappa shape index (κ2) is 6.64. The molecule has 2 rings (SSSR count). The maximum Gasteiger partial charge on any atom is 0.246 e. The molecule has 1 aliphatic carbocycles. The van der Waals surface area contributed by atoms with E-state index in [1.807, 2.05) is 0 Å². The van der Waals surface area contributed by atoms with E-state index in [9.17, 15) is 13.5 Å². The molecule has 1 aromatic rings. The predicted molar refractivity (Wildman–Crippen MR) is 83.9 cm³/mol. The highest BCUT2D eigenvalue weighted by molar-refractivity contribution is 9.10. The Labute approximate surface area is 134 Å². The molecule has 0 saturated heterocycles. The first kappa shape index (κ1) is 16.7. The quantitative estimate of drug-likeness (QED) is 0.874. The number of aliphatic hydroxyl groups is 1. The second-order valence-corrected chi connectivity index (χ2v) is 8.12. The fraction of sp³-hybridized carbons (Fsp3) is 0.571. The Morgan fingerprint density at radius 1 is 1.33 bits per heavy atom. The van der Waals surface area contributed by atoms with Crippen molar-refractivity contribution in [3.63, 3.8) is 0 Å². The van der Waals surface area contributed by atoms with Crippen molar-refractivity contribution in [1.29, 1.82) is 0 Å². The van der Waals surface area contributed by atoms with Gasteiger partial charge in [0.05, 0.1) is 19.3 Å². The summed E-state index contributed by atoms with van der Waals surface area (Å²) < 4.78 is 32.8. The van der Waals surface area contributed by atoms with Crippen LogP contribution in [0.4, 0.5) is 0 Å². The first-order valence-corrected chi connectivity index (χ1v) is 9.11. The molecule has 0 bridgehead atoms. The van der Waals surface area contributed by atoms with E-state index in [0.717, 1.165) is 12.8 Å². The summed E-state index contributed by atoms with van der Waals surface area (Å²) in [5, 5.41) is 10.1. The van der Waals surface area contributed by atoms with Crippen molar-refractivity contribution in [2.45, 2.75) is 42.7 Å². The van der Waals surface area contributed by atoms with E-state index in [0.29, 0.717) is 23.1 Å². The normalized spacial score (nSPS) is 23.3. The molecule has 1 fully saturated rings. The first-order chi connectivity index (χ1) is 9.87. The van der Waals surface area contributed by atoms with Gasteiger partial charge in [0.25, 0.3) is 0 Å². The highest BCUT2D eigenvalue weighted by Gasteiger charge is 2.35. The van der Waals surface area contributed by atoms with Gasteiger partial charge in [-0.15, -0.1) is 0 Å². The molecule has 1 aliphatic rings. The van der Waals surface area contributed by atoms with Crippen LogP contribution < -0.4 is 4.74 Å². The van der Waals surface area contributed by atoms with Crippen LogP contribution >= 0.6 is 15.9 Å². The van der Waals surface area contributed by atoms with Gasteiger partial charge in [-0.3, -0.25) is 0 Å². The van der Waals surface area contributed by atoms with E-state index in [1.165, 1.54) is 24.5 Å². The zero-order valence-corrected chi connectivity index (χ0v) is 14.5. The van der Waals surface area contributed by atoms with Gasteiger partial charge in [0.15, 0.2) is 0 Å². The van der Waals surface area contributed by atoms with Gasteiger partial charge >= 0.3 is 0 Å². The van der Waals surface area contributed by atoms with Gasteiger partial charge in [-0.25, -0.2) is 8.42 Å². The Bertz CT molecular complexity index is 605. The molecule has 0 amide bonds. The van der Waals surface area contributed by atoms with Gasteiger partial charge < -0.3 is 9.84 Å². The smallest absolute Gasteiger partial charge is 0.246 e. The van der Waals surface area contributed by atoms with E-state index >= 15 is 0 Å². The molecular formula is C14H20BrNO4S. The van der Waals surface area contributed by atoms with Crippen molar-refractivity contribution in [3.05, 3.63) is 22.7 Å². The van der Waals surface area contributed by atoms with Gasteiger partial charge in [0.2, 0.25) is 10.0 Å². The number of hydrogen-bond donors (Lipinski definition) is 1. The summed E-state index contributed by atoms with van der Waals surface area (Å²) in [6, 6.07) is 4.49. The summed E-state index contributed by atoms with van der Waals surface area (Å²) in [6.45, 7) is 0. The minimum atomic E-state index is -3.72. The number of ether oxygens (including phenoxy) is 1. The fourth-order valence-corrected chi connectivity index (χ4v) is 4.81. The Kier molecular flexibility index (Phi) is 5.29. The molecule has 1 N–H and O–H groups in total. The third-order valence-electron chi connectivity index (χ3n) is 3.94. The summed E-state index contributed by atoms with van der Waals surface area (Å²) in [7, 11) is -0.754. The summed E-state index contributed by atoms with van der Waals surface area (Å²) in [4.78, 5) is 0.111. The number of nitrogens with zero attached hydrogens (tertiary/aromatic N) is 1. The maximum absolute atomic E-state index is 12.8. The molecule has 0 heterocycles. The molecule has 21 heavy (non-hydrogen) atoms. The lowest BCUT2D eigenvalue weighted by Crippen LogP contribution is -2.46. The highest BCUT2D eigenvalue weighted by Crippen LogP contribution is 2.32. The molecule has 1 saturated carbocycles. The molecule has 7 heteroatoms. The van der Waals surface area contributed by atoms with Crippen LogP contribution in [-0.2, 0) is 10.0 Å². The largest absolute Gasteiger partial charge is 0.495 e. The van der Waals surface area contributed by atoms with E-state index in [2.05, 4.69) is 15.9 Å². The van der Waals surface area contributed by atoms with Crippen molar-refractivity contribution in [2.24, 2.45) is 0 Å². The SMILES string of the molecule is COc1ccc(Br)cc1S(=O)(=O)N(C)C1CCCCC1O. The molecule has 1 aromatic carbocycles. The van der Waals surface area contributed by atoms with Crippen LogP contribution in [0.2, 0.25) is 0 Å². The summed E-state index contributed by atoms with van der Waals surface area (Å²) >= 11 is 3.29. The van der Waals surface area contributed by atoms with E-state index < -0.39 is 16.1 Å². The molecule has 2 unspecified atom stereocenters. The van der Waals surface area contributed by atoms with Gasteiger partial charge in [0.1, 0.15) is 10.6 Å². The van der Waals surface area contributed by atoms with Crippen LogP contribution in [-0.4, -0.2) is 44.1 Å². The zero-order chi connectivity index (χ0) is 15.6. The van der Waals surface area contributed by atoms with E-state index in [1.54, 1.807) is 12.1 Å². The van der Waals surface area contributed by atoms with Crippen LogP contribution in [0.3, 0.4) is 0 Å². The van der Waals surface area contributed by atoms with Crippen molar-refractivity contribution in [1.82, 2.24) is 4.31 Å². The molecule has 0 aromatic heterocycles. The van der Waals surface area contributed by atoms with Gasteiger partial charge in [-0.1, -0.05) is 28.8 Å². The number of sulfonamides is 1. The Balaban J connectivity index is 2.39. The van der Waals surface area contributed by atoms with Gasteiger partial charge in [-0.2, -0.15) is 4.31 Å². The molecule has 2 atom stereocenters. The third-order valence-corrected chi connectivity index (χ3v) is 6.34. The Hall–Kier alpha value is -0.630. The molecule has 0 aliphatic heterocycles. The summed E-state index contributed by atoms with van der Waals surface area (Å²) in [5.74, 6) is 0.301. The minimum Gasteiger partial charge on any atom is -0.495 e. The lowest BCUT2D eigenvalue weighted by atomic mass is 9.93. The number of methoxy groups -OCH3 is 1. The molecule has 0 radical (unpaired) electrons. The van der Waals surface area contributed by atoms with Crippen LogP contribution in [0, 0.1) is 0 Å². The van der Waals surface area contributed by atoms with Crippen LogP contribution in [0.5, 0.6) is 5.75 Å². The maximum atomic E-state index is 12.8. The average molecular weight is 378 g/mol. The van der Waals surface area contributed by atoms with Gasteiger partial charge in [-0.05, 0) is 31.0 Å². The van der Waals surface area contributed by atoms with Crippen LogP contribution in [0.25, 0.3) is 0 Å².